The molecule has 1 aromatic heterocycles. The fraction of sp³-hybridized carbons (Fsp3) is 0.643. The Balaban J connectivity index is 0.00000121. The van der Waals surface area contributed by atoms with Crippen LogP contribution in [0.5, 0.6) is 0 Å². The van der Waals surface area contributed by atoms with Crippen LogP contribution in [0.25, 0.3) is 0 Å². The number of rotatable bonds is 3. The molecule has 3 rings (SSSR count). The standard InChI is InChI=1S/C14H21N5O.2ClH/c20-14(9-12-1-2-15-10-12)19-7-5-18(6-8-19)13-11-16-3-4-17-13;;/h3-4,11-12,15H,1-2,5-10H2;2*1H. The van der Waals surface area contributed by atoms with Crippen molar-refractivity contribution in [3.05, 3.63) is 18.6 Å². The molecule has 1 unspecified atom stereocenters. The lowest BCUT2D eigenvalue weighted by atomic mass is 10.0. The van der Waals surface area contributed by atoms with Crippen LogP contribution in [0, 0.1) is 5.92 Å². The Labute approximate surface area is 143 Å². The normalized spacial score (nSPS) is 21.0. The number of amides is 1. The van der Waals surface area contributed by atoms with Crippen LogP contribution in [-0.2, 0) is 4.79 Å². The number of nitrogens with one attached hydrogen (secondary N) is 1. The first-order valence-corrected chi connectivity index (χ1v) is 7.32. The number of nitrogens with zero attached hydrogens (tertiary/aromatic N) is 4. The highest BCUT2D eigenvalue weighted by Crippen LogP contribution is 2.16. The molecule has 2 saturated heterocycles. The van der Waals surface area contributed by atoms with Crippen LogP contribution >= 0.6 is 24.8 Å². The largest absolute Gasteiger partial charge is 0.352 e. The summed E-state index contributed by atoms with van der Waals surface area (Å²) < 4.78 is 0. The van der Waals surface area contributed by atoms with Crippen LogP contribution in [0.15, 0.2) is 18.6 Å². The maximum Gasteiger partial charge on any atom is 0.223 e. The van der Waals surface area contributed by atoms with Crippen molar-refractivity contribution in [2.75, 3.05) is 44.2 Å². The summed E-state index contributed by atoms with van der Waals surface area (Å²) in [7, 11) is 0. The Kier molecular flexibility index (Phi) is 7.85. The van der Waals surface area contributed by atoms with E-state index in [1.165, 1.54) is 0 Å². The summed E-state index contributed by atoms with van der Waals surface area (Å²) in [4.78, 5) is 24.8. The first-order valence-electron chi connectivity index (χ1n) is 7.32. The lowest BCUT2D eigenvalue weighted by Gasteiger charge is -2.35. The van der Waals surface area contributed by atoms with Crippen molar-refractivity contribution in [3.8, 4) is 0 Å². The van der Waals surface area contributed by atoms with Gasteiger partial charge in [0.25, 0.3) is 0 Å². The highest BCUT2D eigenvalue weighted by Gasteiger charge is 2.25. The van der Waals surface area contributed by atoms with Gasteiger partial charge < -0.3 is 15.1 Å². The molecule has 8 heteroatoms. The zero-order chi connectivity index (χ0) is 13.8. The van der Waals surface area contributed by atoms with Gasteiger partial charge in [0.05, 0.1) is 6.20 Å². The van der Waals surface area contributed by atoms with Crippen molar-refractivity contribution in [1.29, 1.82) is 0 Å². The zero-order valence-electron chi connectivity index (χ0n) is 12.5. The Bertz CT molecular complexity index is 448. The van der Waals surface area contributed by atoms with Crippen LogP contribution < -0.4 is 10.2 Å². The minimum Gasteiger partial charge on any atom is -0.352 e. The molecule has 22 heavy (non-hydrogen) atoms. The lowest BCUT2D eigenvalue weighted by Crippen LogP contribution is -2.49. The van der Waals surface area contributed by atoms with E-state index in [1.807, 2.05) is 4.90 Å². The first-order chi connectivity index (χ1) is 9.83. The number of hydrogen-bond donors (Lipinski definition) is 1. The van der Waals surface area contributed by atoms with Crippen molar-refractivity contribution >= 4 is 36.5 Å². The SMILES string of the molecule is Cl.Cl.O=C(CC1CCNC1)N1CCN(c2cnccn2)CC1. The molecule has 1 atom stereocenters. The molecule has 1 N–H and O–H groups in total. The van der Waals surface area contributed by atoms with E-state index in [9.17, 15) is 4.79 Å². The van der Waals surface area contributed by atoms with E-state index in [0.717, 1.165) is 51.5 Å². The van der Waals surface area contributed by atoms with E-state index in [-0.39, 0.29) is 24.8 Å². The van der Waals surface area contributed by atoms with E-state index in [1.54, 1.807) is 18.6 Å². The van der Waals surface area contributed by atoms with Crippen molar-refractivity contribution in [3.63, 3.8) is 0 Å². The summed E-state index contributed by atoms with van der Waals surface area (Å²) in [6, 6.07) is 0. The highest BCUT2D eigenvalue weighted by molar-refractivity contribution is 5.85. The predicted molar refractivity (Wildman–Crippen MR) is 90.9 cm³/mol. The maximum absolute atomic E-state index is 12.2. The zero-order valence-corrected chi connectivity index (χ0v) is 14.1. The molecule has 2 aliphatic heterocycles. The van der Waals surface area contributed by atoms with Gasteiger partial charge >= 0.3 is 0 Å². The quantitative estimate of drug-likeness (QED) is 0.882. The second-order valence-electron chi connectivity index (χ2n) is 5.49. The van der Waals surface area contributed by atoms with Gasteiger partial charge in [-0.25, -0.2) is 4.98 Å². The molecule has 0 bridgehead atoms. The third-order valence-corrected chi connectivity index (χ3v) is 4.13. The first kappa shape index (κ1) is 18.9. The summed E-state index contributed by atoms with van der Waals surface area (Å²) in [6.07, 6.45) is 6.99. The highest BCUT2D eigenvalue weighted by atomic mass is 35.5. The molecular weight excluding hydrogens is 325 g/mol. The van der Waals surface area contributed by atoms with E-state index in [2.05, 4.69) is 20.2 Å². The minimum absolute atomic E-state index is 0. The summed E-state index contributed by atoms with van der Waals surface area (Å²) in [5.41, 5.74) is 0. The van der Waals surface area contributed by atoms with Gasteiger partial charge in [0, 0.05) is 45.0 Å². The molecule has 0 aliphatic carbocycles. The molecule has 1 amide bonds. The second kappa shape index (κ2) is 9.12. The van der Waals surface area contributed by atoms with E-state index >= 15 is 0 Å². The molecule has 2 aliphatic rings. The second-order valence-corrected chi connectivity index (χ2v) is 5.49. The number of piperazine rings is 1. The van der Waals surface area contributed by atoms with E-state index < -0.39 is 0 Å². The summed E-state index contributed by atoms with van der Waals surface area (Å²) >= 11 is 0. The Morgan fingerprint density at radius 3 is 2.59 bits per heavy atom. The molecule has 2 fully saturated rings. The third kappa shape index (κ3) is 4.69. The Morgan fingerprint density at radius 2 is 2.00 bits per heavy atom. The summed E-state index contributed by atoms with van der Waals surface area (Å²) in [5.74, 6) is 1.73. The molecule has 1 aromatic rings. The van der Waals surface area contributed by atoms with Crippen LogP contribution in [0.4, 0.5) is 5.82 Å². The van der Waals surface area contributed by atoms with Gasteiger partial charge in [-0.2, -0.15) is 0 Å². The van der Waals surface area contributed by atoms with Gasteiger partial charge in [-0.1, -0.05) is 0 Å². The lowest BCUT2D eigenvalue weighted by molar-refractivity contribution is -0.132. The number of halogens is 2. The van der Waals surface area contributed by atoms with Crippen LogP contribution in [-0.4, -0.2) is 60.0 Å². The molecule has 124 valence electrons. The van der Waals surface area contributed by atoms with Crippen LogP contribution in [0.3, 0.4) is 0 Å². The van der Waals surface area contributed by atoms with Crippen molar-refractivity contribution < 1.29 is 4.79 Å². The fourth-order valence-electron chi connectivity index (χ4n) is 2.90. The average molecular weight is 348 g/mol. The molecular formula is C14H23Cl2N5O. The molecule has 0 radical (unpaired) electrons. The van der Waals surface area contributed by atoms with Crippen LogP contribution in [0.1, 0.15) is 12.8 Å². The molecule has 6 nitrogen and oxygen atoms in total. The number of carbonyl (C=O) groups is 1. The molecule has 0 aromatic carbocycles. The van der Waals surface area contributed by atoms with Gasteiger partial charge in [0.1, 0.15) is 5.82 Å². The maximum atomic E-state index is 12.2. The van der Waals surface area contributed by atoms with Gasteiger partial charge in [0.2, 0.25) is 5.91 Å². The number of carbonyl (C=O) groups excluding carboxylic acids is 1. The van der Waals surface area contributed by atoms with Gasteiger partial charge in [0.15, 0.2) is 0 Å². The fourth-order valence-corrected chi connectivity index (χ4v) is 2.90. The van der Waals surface area contributed by atoms with Crippen LogP contribution in [0.2, 0.25) is 0 Å². The average Bonchev–Trinajstić information content (AvgIpc) is 3.01. The minimum atomic E-state index is 0. The molecule has 3 heterocycles. The van der Waals surface area contributed by atoms with E-state index in [0.29, 0.717) is 18.2 Å². The number of hydrogen-bond acceptors (Lipinski definition) is 5. The molecule has 0 saturated carbocycles. The monoisotopic (exact) mass is 347 g/mol. The van der Waals surface area contributed by atoms with E-state index in [4.69, 9.17) is 0 Å². The smallest absolute Gasteiger partial charge is 0.223 e. The van der Waals surface area contributed by atoms with Gasteiger partial charge in [-0.05, 0) is 25.4 Å². The van der Waals surface area contributed by atoms with Crippen molar-refractivity contribution in [2.45, 2.75) is 12.8 Å². The Morgan fingerprint density at radius 1 is 1.23 bits per heavy atom. The third-order valence-electron chi connectivity index (χ3n) is 4.13. The summed E-state index contributed by atoms with van der Waals surface area (Å²) in [5, 5.41) is 3.31. The van der Waals surface area contributed by atoms with Crippen molar-refractivity contribution in [2.24, 2.45) is 5.92 Å². The summed E-state index contributed by atoms with van der Waals surface area (Å²) in [6.45, 7) is 5.30. The number of anilines is 1. The molecule has 0 spiro atoms. The predicted octanol–water partition coefficient (Wildman–Crippen LogP) is 0.968. The topological polar surface area (TPSA) is 61.4 Å². The van der Waals surface area contributed by atoms with Gasteiger partial charge in [-0.15, -0.1) is 24.8 Å². The Hall–Kier alpha value is -1.11. The number of aromatic nitrogens is 2. The van der Waals surface area contributed by atoms with Crippen molar-refractivity contribution in [1.82, 2.24) is 20.2 Å². The van der Waals surface area contributed by atoms with Gasteiger partial charge in [-0.3, -0.25) is 9.78 Å².